The van der Waals surface area contributed by atoms with Crippen LogP contribution in [-0.4, -0.2) is 46.1 Å². The quantitative estimate of drug-likeness (QED) is 0.250. The van der Waals surface area contributed by atoms with Gasteiger partial charge >= 0.3 is 12.1 Å². The van der Waals surface area contributed by atoms with Gasteiger partial charge in [-0.1, -0.05) is 17.7 Å². The molecule has 2 heterocycles. The van der Waals surface area contributed by atoms with E-state index in [1.165, 1.54) is 16.7 Å². The number of hydrogen-bond acceptors (Lipinski definition) is 4. The third-order valence-corrected chi connectivity index (χ3v) is 8.64. The number of fused-ring (bicyclic) bond motifs is 1. The summed E-state index contributed by atoms with van der Waals surface area (Å²) in [7, 11) is 0. The second-order valence-electron chi connectivity index (χ2n) is 10.8. The third kappa shape index (κ3) is 4.88. The topological polar surface area (TPSA) is 86.6 Å². The van der Waals surface area contributed by atoms with Crippen LogP contribution in [0.25, 0.3) is 10.9 Å². The van der Waals surface area contributed by atoms with Crippen LogP contribution in [-0.2, 0) is 6.18 Å². The maximum atomic E-state index is 15.6. The number of rotatable bonds is 5. The second-order valence-corrected chi connectivity index (χ2v) is 11.6. The van der Waals surface area contributed by atoms with E-state index >= 15 is 4.39 Å². The molecule has 0 radical (unpaired) electrons. The summed E-state index contributed by atoms with van der Waals surface area (Å²) < 4.78 is 70.3. The van der Waals surface area contributed by atoms with Gasteiger partial charge in [-0.25, -0.2) is 13.6 Å². The van der Waals surface area contributed by atoms with E-state index in [9.17, 15) is 32.3 Å². The van der Waals surface area contributed by atoms with Gasteiger partial charge in [0.25, 0.3) is 0 Å². The molecule has 1 aliphatic heterocycles. The molecule has 14 heteroatoms. The third-order valence-electron chi connectivity index (χ3n) is 8.06. The number of pyridine rings is 1. The zero-order chi connectivity index (χ0) is 29.4. The molecule has 41 heavy (non-hydrogen) atoms. The fourth-order valence-corrected chi connectivity index (χ4v) is 6.35. The van der Waals surface area contributed by atoms with Gasteiger partial charge in [0, 0.05) is 36.8 Å². The molecule has 3 unspecified atom stereocenters. The second kappa shape index (κ2) is 9.55. The summed E-state index contributed by atoms with van der Waals surface area (Å²) in [6.45, 7) is 0.616. The van der Waals surface area contributed by atoms with E-state index in [1.807, 2.05) is 0 Å². The van der Waals surface area contributed by atoms with Crippen molar-refractivity contribution in [2.24, 2.45) is 5.41 Å². The zero-order valence-electron chi connectivity index (χ0n) is 21.1. The lowest BCUT2D eigenvalue weighted by molar-refractivity contribution is -0.137. The first kappa shape index (κ1) is 27.7. The fourth-order valence-electron chi connectivity index (χ4n) is 5.68. The van der Waals surface area contributed by atoms with Gasteiger partial charge < -0.3 is 25.2 Å². The molecule has 2 aromatic carbocycles. The molecule has 3 fully saturated rings. The molecule has 3 aromatic rings. The van der Waals surface area contributed by atoms with Crippen molar-refractivity contribution in [3.8, 4) is 0 Å². The van der Waals surface area contributed by atoms with Crippen molar-refractivity contribution in [2.75, 3.05) is 23.3 Å². The smallest absolute Gasteiger partial charge is 0.416 e. The minimum atomic E-state index is -4.51. The Bertz CT molecular complexity index is 1680. The summed E-state index contributed by atoms with van der Waals surface area (Å²) >= 11 is 12.1. The van der Waals surface area contributed by atoms with E-state index in [0.717, 1.165) is 37.2 Å². The number of alkyl halides is 4. The lowest BCUT2D eigenvalue weighted by Crippen LogP contribution is -2.43. The summed E-state index contributed by atoms with van der Waals surface area (Å²) in [4.78, 5) is 26.2. The van der Waals surface area contributed by atoms with Crippen LogP contribution in [0.5, 0.6) is 0 Å². The maximum absolute atomic E-state index is 15.6. The van der Waals surface area contributed by atoms with Crippen LogP contribution in [0, 0.1) is 11.2 Å². The number of halogens is 6. The Morgan fingerprint density at radius 1 is 1.22 bits per heavy atom. The minimum absolute atomic E-state index is 0.00113. The summed E-state index contributed by atoms with van der Waals surface area (Å²) in [5, 5.41) is 15.1. The van der Waals surface area contributed by atoms with Crippen molar-refractivity contribution in [1.29, 1.82) is 0 Å². The number of nitrogens with one attached hydrogen (secondary N) is 2. The molecule has 1 aromatic heterocycles. The molecule has 2 saturated carbocycles. The number of carbonyl (C=O) groups is 1. The van der Waals surface area contributed by atoms with Crippen molar-refractivity contribution in [3.05, 3.63) is 68.7 Å². The maximum Gasteiger partial charge on any atom is 0.416 e. The van der Waals surface area contributed by atoms with Gasteiger partial charge in [-0.15, -0.1) is 0 Å². The fraction of sp³-hybridized carbons (Fsp3) is 0.370. The molecule has 1 spiro atoms. The molecule has 3 aliphatic rings. The predicted octanol–water partition coefficient (Wildman–Crippen LogP) is 5.75. The van der Waals surface area contributed by atoms with Crippen LogP contribution < -0.4 is 21.0 Å². The number of anilines is 2. The van der Waals surface area contributed by atoms with Gasteiger partial charge in [0.05, 0.1) is 39.3 Å². The molecule has 0 bridgehead atoms. The molecule has 0 amide bonds. The Balaban J connectivity index is 1.30. The molecule has 3 atom stereocenters. The summed E-state index contributed by atoms with van der Waals surface area (Å²) in [5.41, 5.74) is -2.42. The van der Waals surface area contributed by atoms with Crippen molar-refractivity contribution in [3.63, 3.8) is 0 Å². The Kier molecular flexibility index (Phi) is 6.45. The average Bonchev–Trinajstić information content (AvgIpc) is 3.79. The van der Waals surface area contributed by atoms with Crippen LogP contribution >= 0.6 is 23.8 Å². The number of benzene rings is 2. The highest BCUT2D eigenvalue weighted by atomic mass is 35.5. The van der Waals surface area contributed by atoms with E-state index in [4.69, 9.17) is 23.8 Å². The molecular formula is C27H22ClF5N4O3S. The largest absolute Gasteiger partial charge is 0.477 e. The molecule has 7 nitrogen and oxygen atoms in total. The van der Waals surface area contributed by atoms with Crippen LogP contribution in [0.2, 0.25) is 5.02 Å². The monoisotopic (exact) mass is 612 g/mol. The highest BCUT2D eigenvalue weighted by Crippen LogP contribution is 2.55. The summed E-state index contributed by atoms with van der Waals surface area (Å²) in [5.74, 6) is -2.34. The number of hydrogen-bond donors (Lipinski definition) is 3. The SMILES string of the molecule is O=C(O)c1cn(C2CC2F)c2c(Cl)c(N3CC(NC(=S)Nc4cccc(C(F)(F)F)c4)C4(CC4)C3)c(F)cc2c1=O. The zero-order valence-corrected chi connectivity index (χ0v) is 22.6. The van der Waals surface area contributed by atoms with Gasteiger partial charge in [0.1, 0.15) is 17.6 Å². The lowest BCUT2D eigenvalue weighted by atomic mass is 10.0. The predicted molar refractivity (Wildman–Crippen MR) is 147 cm³/mol. The van der Waals surface area contributed by atoms with E-state index in [-0.39, 0.29) is 56.8 Å². The Hall–Kier alpha value is -3.45. The van der Waals surface area contributed by atoms with Crippen LogP contribution in [0.1, 0.15) is 41.2 Å². The normalized spacial score (nSPS) is 22.7. The van der Waals surface area contributed by atoms with Gasteiger partial charge in [-0.05, 0) is 49.3 Å². The number of carboxylic acids is 1. The van der Waals surface area contributed by atoms with Gasteiger partial charge in [-0.2, -0.15) is 13.2 Å². The molecule has 216 valence electrons. The van der Waals surface area contributed by atoms with Gasteiger partial charge in [0.15, 0.2) is 5.11 Å². The lowest BCUT2D eigenvalue weighted by Gasteiger charge is -2.24. The van der Waals surface area contributed by atoms with E-state index < -0.39 is 46.7 Å². The number of thiocarbonyl (C=S) groups is 1. The van der Waals surface area contributed by atoms with E-state index in [1.54, 1.807) is 4.90 Å². The van der Waals surface area contributed by atoms with Crippen molar-refractivity contribution in [1.82, 2.24) is 9.88 Å². The van der Waals surface area contributed by atoms with E-state index in [2.05, 4.69) is 10.6 Å². The molecule has 6 rings (SSSR count). The summed E-state index contributed by atoms with van der Waals surface area (Å²) in [6, 6.07) is 4.54. The van der Waals surface area contributed by atoms with Gasteiger partial charge in [-0.3, -0.25) is 4.79 Å². The molecule has 2 aliphatic carbocycles. The molecular weight excluding hydrogens is 591 g/mol. The van der Waals surface area contributed by atoms with Crippen molar-refractivity contribution >= 4 is 57.2 Å². The Labute approximate surface area is 239 Å². The number of nitrogens with zero attached hydrogens (tertiary/aromatic N) is 2. The van der Waals surface area contributed by atoms with Crippen LogP contribution in [0.15, 0.2) is 41.3 Å². The van der Waals surface area contributed by atoms with Crippen LogP contribution in [0.3, 0.4) is 0 Å². The van der Waals surface area contributed by atoms with E-state index in [0.29, 0.717) is 6.54 Å². The van der Waals surface area contributed by atoms with Gasteiger partial charge in [0.2, 0.25) is 5.43 Å². The van der Waals surface area contributed by atoms with Crippen molar-refractivity contribution in [2.45, 2.75) is 43.7 Å². The first-order valence-electron chi connectivity index (χ1n) is 12.7. The molecule has 3 N–H and O–H groups in total. The standard InChI is InChI=1S/C27H22ClF5N4O3S/c28-20-21-14(23(38)15(24(39)40)9-37(21)18-8-16(18)29)7-17(30)22(20)36-10-19(26(11-36)4-5-26)35-25(41)34-13-3-1-2-12(6-13)27(31,32)33/h1-3,6-7,9,16,18-19H,4-5,8,10-11H2,(H,39,40)(H2,34,35,41). The Morgan fingerprint density at radius 2 is 1.93 bits per heavy atom. The highest BCUT2D eigenvalue weighted by molar-refractivity contribution is 7.80. The first-order chi connectivity index (χ1) is 19.3. The Morgan fingerprint density at radius 3 is 2.54 bits per heavy atom. The molecule has 1 saturated heterocycles. The highest BCUT2D eigenvalue weighted by Gasteiger charge is 2.56. The number of aromatic nitrogens is 1. The van der Waals surface area contributed by atoms with Crippen molar-refractivity contribution < 1.29 is 31.9 Å². The average molecular weight is 613 g/mol. The number of aromatic carboxylic acids is 1. The number of carboxylic acid groups (broad SMARTS) is 1. The minimum Gasteiger partial charge on any atom is -0.477 e. The summed E-state index contributed by atoms with van der Waals surface area (Å²) in [6.07, 6.45) is -3.02. The van der Waals surface area contributed by atoms with Crippen LogP contribution in [0.4, 0.5) is 33.3 Å². The first-order valence-corrected chi connectivity index (χ1v) is 13.5.